The van der Waals surface area contributed by atoms with Crippen LogP contribution in [0.5, 0.6) is 0 Å². The van der Waals surface area contributed by atoms with Crippen LogP contribution in [0, 0.1) is 18.8 Å². The number of benzene rings is 2. The number of allylic oxidation sites excluding steroid dienone is 2. The van der Waals surface area contributed by atoms with Crippen molar-refractivity contribution in [3.05, 3.63) is 63.3 Å². The number of rotatable bonds is 2. The number of Topliss-reactive ketones (excluding diaryl/α,β-unsaturated/α-hetero) is 1. The Morgan fingerprint density at radius 2 is 1.76 bits per heavy atom. The molecule has 4 rings (SSSR count). The molecule has 0 unspecified atom stereocenters. The first-order valence-electron chi connectivity index (χ1n) is 8.49. The van der Waals surface area contributed by atoms with Crippen LogP contribution in [-0.4, -0.2) is 10.9 Å². The van der Waals surface area contributed by atoms with E-state index in [-0.39, 0.29) is 23.4 Å². The summed E-state index contributed by atoms with van der Waals surface area (Å²) in [5.41, 5.74) is 4.06. The second-order valence-electron chi connectivity index (χ2n) is 6.99. The number of halogens is 2. The highest BCUT2D eigenvalue weighted by molar-refractivity contribution is 6.36. The summed E-state index contributed by atoms with van der Waals surface area (Å²) in [4.78, 5) is 12.8. The monoisotopic (exact) mass is 372 g/mol. The number of fused-ring (bicyclic) bond motifs is 2. The standard InChI is InChI=1S/C21H18Cl2O2/c1-11-2-3-12(16-7-6-15(22)10-18(16)23)9-17(11)19-20(24)13-4-5-14(8-13)21(19)25/h2-3,6-7,9-10,13-14,24H,4-5,8H2,1H3/t13-,14+/m0/s1. The zero-order chi connectivity index (χ0) is 17.7. The van der Waals surface area contributed by atoms with Crippen LogP contribution in [0.1, 0.15) is 30.4 Å². The van der Waals surface area contributed by atoms with Crippen molar-refractivity contribution in [1.29, 1.82) is 0 Å². The normalized spacial score (nSPS) is 22.6. The largest absolute Gasteiger partial charge is 0.511 e. The summed E-state index contributed by atoms with van der Waals surface area (Å²) in [6.45, 7) is 1.96. The van der Waals surface area contributed by atoms with E-state index in [1.807, 2.05) is 31.2 Å². The molecule has 25 heavy (non-hydrogen) atoms. The molecular formula is C21H18Cl2O2. The number of carbonyl (C=O) groups is 1. The SMILES string of the molecule is Cc1ccc(-c2ccc(Cl)cc2Cl)cc1C1=C(O)[C@H]2CC[C@H](C2)C1=O. The smallest absolute Gasteiger partial charge is 0.169 e. The number of aliphatic hydroxyl groups excluding tert-OH is 1. The zero-order valence-corrected chi connectivity index (χ0v) is 15.4. The van der Waals surface area contributed by atoms with Gasteiger partial charge in [-0.25, -0.2) is 0 Å². The van der Waals surface area contributed by atoms with Crippen LogP contribution in [-0.2, 0) is 4.79 Å². The minimum atomic E-state index is 0.0538. The molecule has 0 saturated heterocycles. The van der Waals surface area contributed by atoms with E-state index in [4.69, 9.17) is 23.2 Å². The highest BCUT2D eigenvalue weighted by Crippen LogP contribution is 2.46. The number of hydrogen-bond acceptors (Lipinski definition) is 2. The molecule has 2 aliphatic rings. The average Bonchev–Trinajstić information content (AvgIpc) is 3.02. The molecule has 1 fully saturated rings. The first kappa shape index (κ1) is 16.7. The zero-order valence-electron chi connectivity index (χ0n) is 13.9. The lowest BCUT2D eigenvalue weighted by Crippen LogP contribution is -2.21. The second-order valence-corrected chi connectivity index (χ2v) is 7.83. The van der Waals surface area contributed by atoms with E-state index in [0.29, 0.717) is 15.6 Å². The highest BCUT2D eigenvalue weighted by atomic mass is 35.5. The summed E-state index contributed by atoms with van der Waals surface area (Å²) in [5, 5.41) is 11.8. The van der Waals surface area contributed by atoms with Gasteiger partial charge in [0.25, 0.3) is 0 Å². The Balaban J connectivity index is 1.86. The van der Waals surface area contributed by atoms with E-state index in [0.717, 1.165) is 41.5 Å². The van der Waals surface area contributed by atoms with Crippen LogP contribution in [0.4, 0.5) is 0 Å². The van der Waals surface area contributed by atoms with Gasteiger partial charge in [-0.2, -0.15) is 0 Å². The number of ketones is 1. The lowest BCUT2D eigenvalue weighted by Gasteiger charge is -2.23. The molecule has 2 aromatic carbocycles. The van der Waals surface area contributed by atoms with Crippen LogP contribution >= 0.6 is 23.2 Å². The van der Waals surface area contributed by atoms with Gasteiger partial charge in [0.1, 0.15) is 5.76 Å². The minimum absolute atomic E-state index is 0.0538. The van der Waals surface area contributed by atoms with E-state index in [1.54, 1.807) is 12.1 Å². The maximum Gasteiger partial charge on any atom is 0.169 e. The van der Waals surface area contributed by atoms with Crippen LogP contribution in [0.3, 0.4) is 0 Å². The Morgan fingerprint density at radius 1 is 1.00 bits per heavy atom. The van der Waals surface area contributed by atoms with Gasteiger partial charge in [-0.3, -0.25) is 4.79 Å². The summed E-state index contributed by atoms with van der Waals surface area (Å²) in [6, 6.07) is 11.3. The third-order valence-corrected chi connectivity index (χ3v) is 5.99. The van der Waals surface area contributed by atoms with Crippen LogP contribution in [0.15, 0.2) is 42.2 Å². The molecule has 0 radical (unpaired) electrons. The fraction of sp³-hybridized carbons (Fsp3) is 0.286. The quantitative estimate of drug-likeness (QED) is 0.677. The molecule has 128 valence electrons. The Labute approximate surface area is 157 Å². The summed E-state index contributed by atoms with van der Waals surface area (Å²) in [5.74, 6) is 0.521. The van der Waals surface area contributed by atoms with Crippen molar-refractivity contribution >= 4 is 34.6 Å². The number of aryl methyl sites for hydroxylation is 1. The van der Waals surface area contributed by atoms with Gasteiger partial charge in [-0.15, -0.1) is 0 Å². The molecule has 2 nitrogen and oxygen atoms in total. The predicted octanol–water partition coefficient (Wildman–Crippen LogP) is 6.24. The summed E-state index contributed by atoms with van der Waals surface area (Å²) in [6.07, 6.45) is 2.56. The molecule has 0 heterocycles. The van der Waals surface area contributed by atoms with Crippen LogP contribution < -0.4 is 0 Å². The third-order valence-electron chi connectivity index (χ3n) is 5.44. The van der Waals surface area contributed by atoms with E-state index >= 15 is 0 Å². The van der Waals surface area contributed by atoms with Crippen molar-refractivity contribution in [3.8, 4) is 11.1 Å². The van der Waals surface area contributed by atoms with Gasteiger partial charge < -0.3 is 5.11 Å². The van der Waals surface area contributed by atoms with Gasteiger partial charge in [-0.1, -0.05) is 41.4 Å². The van der Waals surface area contributed by atoms with Crippen molar-refractivity contribution in [2.24, 2.45) is 11.8 Å². The van der Waals surface area contributed by atoms with Crippen molar-refractivity contribution in [3.63, 3.8) is 0 Å². The molecule has 0 spiro atoms. The minimum Gasteiger partial charge on any atom is -0.511 e. The van der Waals surface area contributed by atoms with Crippen LogP contribution in [0.25, 0.3) is 16.7 Å². The molecule has 1 N–H and O–H groups in total. The molecule has 2 atom stereocenters. The number of aliphatic hydroxyl groups is 1. The summed E-state index contributed by atoms with van der Waals surface area (Å²) < 4.78 is 0. The molecule has 2 bridgehead atoms. The van der Waals surface area contributed by atoms with E-state index in [2.05, 4.69) is 0 Å². The Hall–Kier alpha value is -1.77. The summed E-state index contributed by atoms with van der Waals surface area (Å²) in [7, 11) is 0. The van der Waals surface area contributed by atoms with Gasteiger partial charge in [0.05, 0.1) is 5.57 Å². The third kappa shape index (κ3) is 2.78. The molecule has 2 aromatic rings. The predicted molar refractivity (Wildman–Crippen MR) is 102 cm³/mol. The lowest BCUT2D eigenvalue weighted by atomic mass is 9.81. The molecule has 2 aliphatic carbocycles. The fourth-order valence-corrected chi connectivity index (χ4v) is 4.57. The maximum atomic E-state index is 12.8. The first-order chi connectivity index (χ1) is 12.0. The van der Waals surface area contributed by atoms with Gasteiger partial charge in [0, 0.05) is 27.4 Å². The number of hydrogen-bond donors (Lipinski definition) is 1. The lowest BCUT2D eigenvalue weighted by molar-refractivity contribution is -0.117. The Bertz CT molecular complexity index is 914. The van der Waals surface area contributed by atoms with E-state index in [1.165, 1.54) is 0 Å². The Kier molecular flexibility index (Phi) is 4.13. The second kappa shape index (κ2) is 6.19. The molecule has 1 saturated carbocycles. The fourth-order valence-electron chi connectivity index (χ4n) is 4.06. The number of carbonyl (C=O) groups excluding carboxylic acids is 1. The molecule has 0 amide bonds. The van der Waals surface area contributed by atoms with Gasteiger partial charge in [0.15, 0.2) is 5.78 Å². The molecule has 4 heteroatoms. The van der Waals surface area contributed by atoms with Gasteiger partial charge in [0.2, 0.25) is 0 Å². The van der Waals surface area contributed by atoms with Gasteiger partial charge in [-0.05, 0) is 61.1 Å². The van der Waals surface area contributed by atoms with Crippen molar-refractivity contribution in [1.82, 2.24) is 0 Å². The van der Waals surface area contributed by atoms with Crippen LogP contribution in [0.2, 0.25) is 10.0 Å². The Morgan fingerprint density at radius 3 is 2.52 bits per heavy atom. The average molecular weight is 373 g/mol. The van der Waals surface area contributed by atoms with Crippen molar-refractivity contribution in [2.75, 3.05) is 0 Å². The van der Waals surface area contributed by atoms with Crippen molar-refractivity contribution in [2.45, 2.75) is 26.2 Å². The highest BCUT2D eigenvalue weighted by Gasteiger charge is 2.41. The van der Waals surface area contributed by atoms with Crippen molar-refractivity contribution < 1.29 is 9.90 Å². The molecule has 0 aromatic heterocycles. The molecular weight excluding hydrogens is 355 g/mol. The molecule has 0 aliphatic heterocycles. The maximum absolute atomic E-state index is 12.8. The van der Waals surface area contributed by atoms with E-state index in [9.17, 15) is 9.90 Å². The summed E-state index contributed by atoms with van der Waals surface area (Å²) >= 11 is 12.3. The topological polar surface area (TPSA) is 37.3 Å². The first-order valence-corrected chi connectivity index (χ1v) is 9.25. The van der Waals surface area contributed by atoms with Gasteiger partial charge >= 0.3 is 0 Å². The van der Waals surface area contributed by atoms with E-state index < -0.39 is 0 Å².